The summed E-state index contributed by atoms with van der Waals surface area (Å²) in [6.45, 7) is 1.95. The fraction of sp³-hybridized carbons (Fsp3) is 0.125. The van der Waals surface area contributed by atoms with Crippen molar-refractivity contribution in [3.05, 3.63) is 72.5 Å². The Hall–Kier alpha value is -1.00. The smallest absolute Gasteiger partial charge is 0.0954 e. The number of anilines is 1. The number of hydrogen-bond acceptors (Lipinski definition) is 3. The monoisotopic (exact) mass is 353 g/mol. The second kappa shape index (κ2) is 6.41. The maximum Gasteiger partial charge on any atom is 0.0954 e. The Kier molecular flexibility index (Phi) is 4.55. The van der Waals surface area contributed by atoms with Gasteiger partial charge < -0.3 is 5.32 Å². The normalized spacial score (nSPS) is 11.0. The van der Waals surface area contributed by atoms with E-state index in [1.165, 1.54) is 9.75 Å². The maximum absolute atomic E-state index is 6.35. The van der Waals surface area contributed by atoms with E-state index >= 15 is 0 Å². The minimum atomic E-state index is 0.0984. The summed E-state index contributed by atoms with van der Waals surface area (Å²) < 4.78 is 0. The summed E-state index contributed by atoms with van der Waals surface area (Å²) in [5, 5.41) is 9.10. The van der Waals surface area contributed by atoms with Gasteiger partial charge in [0, 0.05) is 14.8 Å². The zero-order chi connectivity index (χ0) is 14.8. The number of hydrogen-bond donors (Lipinski definition) is 1. The highest BCUT2D eigenvalue weighted by Crippen LogP contribution is 2.36. The van der Waals surface area contributed by atoms with E-state index in [-0.39, 0.29) is 6.04 Å². The predicted octanol–water partition coefficient (Wildman–Crippen LogP) is 6.63. The molecular weight excluding hydrogens is 341 g/mol. The van der Waals surface area contributed by atoms with Crippen molar-refractivity contribution in [2.24, 2.45) is 0 Å². The van der Waals surface area contributed by atoms with Crippen LogP contribution in [0.25, 0.3) is 0 Å². The number of aryl methyl sites for hydroxylation is 1. The molecule has 21 heavy (non-hydrogen) atoms. The summed E-state index contributed by atoms with van der Waals surface area (Å²) in [7, 11) is 0. The summed E-state index contributed by atoms with van der Waals surface area (Å²) in [6.07, 6.45) is 0. The van der Waals surface area contributed by atoms with Crippen molar-refractivity contribution in [1.82, 2.24) is 0 Å². The Morgan fingerprint density at radius 3 is 2.10 bits per heavy atom. The number of halogens is 2. The van der Waals surface area contributed by atoms with Crippen molar-refractivity contribution in [2.75, 3.05) is 5.32 Å². The molecule has 108 valence electrons. The van der Waals surface area contributed by atoms with Crippen LogP contribution >= 0.6 is 45.9 Å². The van der Waals surface area contributed by atoms with Crippen molar-refractivity contribution in [2.45, 2.75) is 13.0 Å². The minimum Gasteiger partial charge on any atom is -0.371 e. The number of benzene rings is 1. The lowest BCUT2D eigenvalue weighted by molar-refractivity contribution is 0.993. The van der Waals surface area contributed by atoms with Crippen molar-refractivity contribution in [1.29, 1.82) is 0 Å². The molecule has 0 aliphatic carbocycles. The fourth-order valence-electron chi connectivity index (χ4n) is 2.11. The van der Waals surface area contributed by atoms with Crippen LogP contribution in [0.4, 0.5) is 5.69 Å². The first kappa shape index (κ1) is 14.9. The average Bonchev–Trinajstić information content (AvgIpc) is 3.14. The second-order valence-electron chi connectivity index (χ2n) is 4.69. The van der Waals surface area contributed by atoms with Crippen molar-refractivity contribution in [3.8, 4) is 0 Å². The van der Waals surface area contributed by atoms with E-state index < -0.39 is 0 Å². The van der Waals surface area contributed by atoms with Gasteiger partial charge in [0.2, 0.25) is 0 Å². The Morgan fingerprint density at radius 1 is 0.952 bits per heavy atom. The molecule has 0 spiro atoms. The molecule has 0 saturated heterocycles. The van der Waals surface area contributed by atoms with Crippen LogP contribution in [0.5, 0.6) is 0 Å². The van der Waals surface area contributed by atoms with E-state index in [4.69, 9.17) is 23.2 Å². The van der Waals surface area contributed by atoms with Gasteiger partial charge in [-0.3, -0.25) is 0 Å². The predicted molar refractivity (Wildman–Crippen MR) is 95.3 cm³/mol. The van der Waals surface area contributed by atoms with Crippen LogP contribution < -0.4 is 5.32 Å². The number of thiophene rings is 2. The quantitative estimate of drug-likeness (QED) is 0.555. The van der Waals surface area contributed by atoms with Gasteiger partial charge in [0.05, 0.1) is 16.8 Å². The molecule has 0 radical (unpaired) electrons. The van der Waals surface area contributed by atoms with Crippen LogP contribution in [0.1, 0.15) is 21.4 Å². The van der Waals surface area contributed by atoms with Crippen LogP contribution in [-0.2, 0) is 0 Å². The largest absolute Gasteiger partial charge is 0.371 e. The zero-order valence-electron chi connectivity index (χ0n) is 11.3. The van der Waals surface area contributed by atoms with Crippen molar-refractivity contribution >= 4 is 51.6 Å². The van der Waals surface area contributed by atoms with Crippen molar-refractivity contribution < 1.29 is 0 Å². The highest BCUT2D eigenvalue weighted by atomic mass is 35.5. The first-order valence-electron chi connectivity index (χ1n) is 6.44. The molecule has 2 heterocycles. The number of nitrogens with one attached hydrogen (secondary N) is 1. The van der Waals surface area contributed by atoms with E-state index in [2.05, 4.69) is 40.3 Å². The van der Waals surface area contributed by atoms with E-state index in [9.17, 15) is 0 Å². The number of rotatable bonds is 4. The standard InChI is InChI=1S/C16H13Cl2NS2/c1-10-8-12(18)13(9-11(10)17)19-16(14-4-2-6-20-14)15-5-3-7-21-15/h2-9,16,19H,1H3. The van der Waals surface area contributed by atoms with Gasteiger partial charge in [-0.1, -0.05) is 35.3 Å². The molecule has 1 N–H and O–H groups in total. The Morgan fingerprint density at radius 2 is 1.57 bits per heavy atom. The Labute approximate surface area is 142 Å². The van der Waals surface area contributed by atoms with Gasteiger partial charge in [-0.15, -0.1) is 22.7 Å². The first-order chi connectivity index (χ1) is 10.1. The lowest BCUT2D eigenvalue weighted by Crippen LogP contribution is -2.10. The fourth-order valence-corrected chi connectivity index (χ4v) is 4.20. The third-order valence-electron chi connectivity index (χ3n) is 3.20. The van der Waals surface area contributed by atoms with Crippen LogP contribution in [0.3, 0.4) is 0 Å². The molecule has 2 aromatic heterocycles. The molecular formula is C16H13Cl2NS2. The molecule has 3 aromatic rings. The van der Waals surface area contributed by atoms with E-state index in [0.29, 0.717) is 5.02 Å². The van der Waals surface area contributed by atoms with Gasteiger partial charge >= 0.3 is 0 Å². The highest BCUT2D eigenvalue weighted by Gasteiger charge is 2.18. The lowest BCUT2D eigenvalue weighted by atomic mass is 10.1. The van der Waals surface area contributed by atoms with Crippen molar-refractivity contribution in [3.63, 3.8) is 0 Å². The molecule has 0 fully saturated rings. The van der Waals surface area contributed by atoms with Gasteiger partial charge in [0.1, 0.15) is 0 Å². The second-order valence-corrected chi connectivity index (χ2v) is 7.46. The highest BCUT2D eigenvalue weighted by molar-refractivity contribution is 7.11. The van der Waals surface area contributed by atoms with E-state index in [1.807, 2.05) is 19.1 Å². The molecule has 0 bridgehead atoms. The zero-order valence-corrected chi connectivity index (χ0v) is 14.4. The average molecular weight is 354 g/mol. The summed E-state index contributed by atoms with van der Waals surface area (Å²) in [5.41, 5.74) is 1.84. The van der Waals surface area contributed by atoms with Gasteiger partial charge in [-0.05, 0) is 47.5 Å². The third-order valence-corrected chi connectivity index (χ3v) is 5.80. The van der Waals surface area contributed by atoms with Gasteiger partial charge in [0.15, 0.2) is 0 Å². The molecule has 0 saturated carbocycles. The summed E-state index contributed by atoms with van der Waals surface area (Å²) in [4.78, 5) is 2.51. The first-order valence-corrected chi connectivity index (χ1v) is 8.95. The van der Waals surface area contributed by atoms with E-state index in [1.54, 1.807) is 22.7 Å². The Bertz CT molecular complexity index is 687. The third kappa shape index (κ3) is 3.27. The summed E-state index contributed by atoms with van der Waals surface area (Å²) in [6, 6.07) is 12.3. The summed E-state index contributed by atoms with van der Waals surface area (Å²) in [5.74, 6) is 0. The molecule has 1 nitrogen and oxygen atoms in total. The van der Waals surface area contributed by atoms with Gasteiger partial charge in [-0.2, -0.15) is 0 Å². The van der Waals surface area contributed by atoms with Crippen LogP contribution in [0, 0.1) is 6.92 Å². The topological polar surface area (TPSA) is 12.0 Å². The molecule has 5 heteroatoms. The molecule has 0 atom stereocenters. The van der Waals surface area contributed by atoms with Crippen LogP contribution in [-0.4, -0.2) is 0 Å². The Balaban J connectivity index is 1.98. The minimum absolute atomic E-state index is 0.0984. The molecule has 3 rings (SSSR count). The van der Waals surface area contributed by atoms with Crippen LogP contribution in [0.2, 0.25) is 10.0 Å². The molecule has 1 aromatic carbocycles. The van der Waals surface area contributed by atoms with Gasteiger partial charge in [0.25, 0.3) is 0 Å². The molecule has 0 aliphatic rings. The molecule has 0 aliphatic heterocycles. The van der Waals surface area contributed by atoms with E-state index in [0.717, 1.165) is 16.3 Å². The SMILES string of the molecule is Cc1cc(Cl)c(NC(c2cccs2)c2cccs2)cc1Cl. The van der Waals surface area contributed by atoms with Crippen LogP contribution in [0.15, 0.2) is 47.2 Å². The summed E-state index contributed by atoms with van der Waals surface area (Å²) >= 11 is 16.0. The lowest BCUT2D eigenvalue weighted by Gasteiger charge is -2.19. The van der Waals surface area contributed by atoms with Gasteiger partial charge in [-0.25, -0.2) is 0 Å². The maximum atomic E-state index is 6.35. The molecule has 0 unspecified atom stereocenters. The molecule has 0 amide bonds.